The Labute approximate surface area is 197 Å². The summed E-state index contributed by atoms with van der Waals surface area (Å²) < 4.78 is 25.8. The number of likely N-dealkylation sites (tertiary alicyclic amines) is 1. The topological polar surface area (TPSA) is 114 Å². The van der Waals surface area contributed by atoms with Crippen LogP contribution in [0, 0.1) is 5.92 Å². The van der Waals surface area contributed by atoms with Crippen LogP contribution in [-0.2, 0) is 27.8 Å². The van der Waals surface area contributed by atoms with Crippen molar-refractivity contribution in [3.05, 3.63) is 53.0 Å². The molecule has 8 nitrogen and oxygen atoms in total. The molecule has 1 aliphatic rings. The summed E-state index contributed by atoms with van der Waals surface area (Å²) in [5.74, 6) is -0.0805. The van der Waals surface area contributed by atoms with Crippen LogP contribution in [0.2, 0.25) is 0 Å². The number of nitrogens with one attached hydrogen (secondary N) is 1. The maximum Gasteiger partial charge on any atom is 0.270 e. The molecule has 0 atom stereocenters. The van der Waals surface area contributed by atoms with Crippen molar-refractivity contribution < 1.29 is 18.0 Å². The summed E-state index contributed by atoms with van der Waals surface area (Å²) in [5, 5.41) is 10.1. The first-order valence-corrected chi connectivity index (χ1v) is 13.5. The first-order valence-electron chi connectivity index (χ1n) is 11.0. The molecule has 3 heterocycles. The molecule has 0 bridgehead atoms. The first-order chi connectivity index (χ1) is 15.8. The number of fused-ring (bicyclic) bond motifs is 1. The van der Waals surface area contributed by atoms with E-state index in [9.17, 15) is 18.0 Å². The number of benzene rings is 1. The lowest BCUT2D eigenvalue weighted by Gasteiger charge is -2.31. The number of primary sulfonamides is 1. The minimum Gasteiger partial charge on any atom is -0.356 e. The lowest BCUT2D eigenvalue weighted by molar-refractivity contribution is -0.126. The van der Waals surface area contributed by atoms with Gasteiger partial charge in [0.1, 0.15) is 5.69 Å². The van der Waals surface area contributed by atoms with Crippen LogP contribution in [0.25, 0.3) is 10.2 Å². The number of thiophene rings is 1. The Balaban J connectivity index is 1.26. The van der Waals surface area contributed by atoms with Gasteiger partial charge in [0.15, 0.2) is 0 Å². The van der Waals surface area contributed by atoms with Crippen LogP contribution in [0.3, 0.4) is 0 Å². The van der Waals surface area contributed by atoms with Crippen LogP contribution in [0.15, 0.2) is 46.7 Å². The van der Waals surface area contributed by atoms with Gasteiger partial charge >= 0.3 is 0 Å². The summed E-state index contributed by atoms with van der Waals surface area (Å²) in [7, 11) is -3.70. The molecule has 1 aliphatic heterocycles. The monoisotopic (exact) mass is 488 g/mol. The number of hydrogen-bond acceptors (Lipinski definition) is 5. The van der Waals surface area contributed by atoms with Gasteiger partial charge in [-0.05, 0) is 61.4 Å². The Morgan fingerprint density at radius 2 is 1.85 bits per heavy atom. The maximum absolute atomic E-state index is 13.1. The lowest BCUT2D eigenvalue weighted by atomic mass is 9.95. The highest BCUT2D eigenvalue weighted by atomic mass is 32.2. The Morgan fingerprint density at radius 3 is 2.48 bits per heavy atom. The molecule has 33 heavy (non-hydrogen) atoms. The van der Waals surface area contributed by atoms with E-state index in [4.69, 9.17) is 5.14 Å². The summed E-state index contributed by atoms with van der Waals surface area (Å²) in [6, 6.07) is 10.4. The zero-order valence-electron chi connectivity index (χ0n) is 18.5. The smallest absolute Gasteiger partial charge is 0.270 e. The van der Waals surface area contributed by atoms with Crippen molar-refractivity contribution in [2.75, 3.05) is 19.6 Å². The average Bonchev–Trinajstić information content (AvgIpc) is 3.39. The highest BCUT2D eigenvalue weighted by molar-refractivity contribution is 7.89. The largest absolute Gasteiger partial charge is 0.356 e. The number of rotatable bonds is 7. The summed E-state index contributed by atoms with van der Waals surface area (Å²) in [5.41, 5.74) is 2.73. The van der Waals surface area contributed by atoms with Gasteiger partial charge in [0, 0.05) is 32.1 Å². The molecule has 176 valence electrons. The molecule has 1 aromatic carbocycles. The van der Waals surface area contributed by atoms with Crippen molar-refractivity contribution in [1.29, 1.82) is 0 Å². The number of amides is 2. The molecule has 0 aliphatic carbocycles. The van der Waals surface area contributed by atoms with Crippen molar-refractivity contribution in [1.82, 2.24) is 14.8 Å². The predicted molar refractivity (Wildman–Crippen MR) is 129 cm³/mol. The molecule has 10 heteroatoms. The second-order valence-electron chi connectivity index (χ2n) is 8.24. The van der Waals surface area contributed by atoms with E-state index < -0.39 is 10.0 Å². The van der Waals surface area contributed by atoms with Crippen LogP contribution in [0.1, 0.15) is 35.8 Å². The molecule has 2 amide bonds. The van der Waals surface area contributed by atoms with Crippen molar-refractivity contribution in [2.24, 2.45) is 11.1 Å². The van der Waals surface area contributed by atoms with Crippen LogP contribution >= 0.6 is 11.3 Å². The number of sulfonamides is 1. The SMILES string of the molecule is CCn1c(C(=O)N2CCC(C(=O)NCCc3ccc(S(N)(=O)=O)cc3)CC2)cc2sccc21. The molecule has 0 saturated carbocycles. The van der Waals surface area contributed by atoms with Crippen LogP contribution < -0.4 is 10.5 Å². The Bertz CT molecular complexity index is 1250. The maximum atomic E-state index is 13.1. The van der Waals surface area contributed by atoms with E-state index in [1.54, 1.807) is 23.5 Å². The van der Waals surface area contributed by atoms with Crippen LogP contribution in [0.4, 0.5) is 0 Å². The van der Waals surface area contributed by atoms with Crippen LogP contribution in [0.5, 0.6) is 0 Å². The van der Waals surface area contributed by atoms with E-state index >= 15 is 0 Å². The van der Waals surface area contributed by atoms with Gasteiger partial charge in [0.05, 0.1) is 15.1 Å². The Kier molecular flexibility index (Phi) is 6.87. The third kappa shape index (κ3) is 5.13. The summed E-state index contributed by atoms with van der Waals surface area (Å²) in [6.45, 7) is 4.38. The molecule has 1 saturated heterocycles. The summed E-state index contributed by atoms with van der Waals surface area (Å²) in [6.07, 6.45) is 1.88. The minimum atomic E-state index is -3.70. The molecule has 2 aromatic heterocycles. The summed E-state index contributed by atoms with van der Waals surface area (Å²) >= 11 is 1.64. The Morgan fingerprint density at radius 1 is 1.15 bits per heavy atom. The second-order valence-corrected chi connectivity index (χ2v) is 10.7. The third-order valence-corrected chi connectivity index (χ3v) is 7.96. The molecular weight excluding hydrogens is 460 g/mol. The molecule has 0 radical (unpaired) electrons. The number of aryl methyl sites for hydroxylation is 1. The fourth-order valence-electron chi connectivity index (χ4n) is 4.32. The number of carbonyl (C=O) groups is 2. The zero-order chi connectivity index (χ0) is 23.6. The predicted octanol–water partition coefficient (Wildman–Crippen LogP) is 2.58. The third-order valence-electron chi connectivity index (χ3n) is 6.18. The molecule has 0 unspecified atom stereocenters. The molecule has 1 fully saturated rings. The van der Waals surface area contributed by atoms with Crippen LogP contribution in [-0.4, -0.2) is 49.3 Å². The van der Waals surface area contributed by atoms with Gasteiger partial charge in [-0.2, -0.15) is 0 Å². The number of nitrogens with two attached hydrogens (primary N) is 1. The molecule has 3 N–H and O–H groups in total. The second kappa shape index (κ2) is 9.66. The standard InChI is InChI=1S/C23H28N4O4S2/c1-2-27-19-10-14-32-21(19)15-20(27)23(29)26-12-8-17(9-13-26)22(28)25-11-7-16-3-5-18(6-4-16)33(24,30)31/h3-6,10,14-15,17H,2,7-9,11-13H2,1H3,(H,25,28)(H2,24,30,31). The van der Waals surface area contributed by atoms with E-state index in [0.29, 0.717) is 38.9 Å². The van der Waals surface area contributed by atoms with Crippen molar-refractivity contribution >= 4 is 43.4 Å². The lowest BCUT2D eigenvalue weighted by Crippen LogP contribution is -2.43. The number of piperidine rings is 1. The van der Waals surface area contributed by atoms with Gasteiger partial charge in [-0.15, -0.1) is 11.3 Å². The quantitative estimate of drug-likeness (QED) is 0.532. The fourth-order valence-corrected chi connectivity index (χ4v) is 5.66. The van der Waals surface area contributed by atoms with E-state index in [-0.39, 0.29) is 22.6 Å². The minimum absolute atomic E-state index is 0.000650. The number of carbonyl (C=O) groups excluding carboxylic acids is 2. The molecule has 0 spiro atoms. The van der Waals surface area contributed by atoms with Gasteiger partial charge in [-0.3, -0.25) is 9.59 Å². The first kappa shape index (κ1) is 23.5. The van der Waals surface area contributed by atoms with Gasteiger partial charge in [0.25, 0.3) is 5.91 Å². The fraction of sp³-hybridized carbons (Fsp3) is 0.391. The van der Waals surface area contributed by atoms with E-state index in [1.807, 2.05) is 29.3 Å². The Hall–Kier alpha value is -2.69. The van der Waals surface area contributed by atoms with E-state index in [2.05, 4.69) is 9.88 Å². The van der Waals surface area contributed by atoms with Crippen molar-refractivity contribution in [3.8, 4) is 0 Å². The van der Waals surface area contributed by atoms with Gasteiger partial charge in [-0.1, -0.05) is 12.1 Å². The molecular formula is C23H28N4O4S2. The van der Waals surface area contributed by atoms with E-state index in [1.165, 1.54) is 12.1 Å². The van der Waals surface area contributed by atoms with Crippen molar-refractivity contribution in [2.45, 2.75) is 37.6 Å². The normalized spacial score (nSPS) is 15.2. The van der Waals surface area contributed by atoms with E-state index in [0.717, 1.165) is 28.0 Å². The molecule has 3 aromatic rings. The van der Waals surface area contributed by atoms with Gasteiger partial charge in [0.2, 0.25) is 15.9 Å². The average molecular weight is 489 g/mol. The zero-order valence-corrected chi connectivity index (χ0v) is 20.1. The van der Waals surface area contributed by atoms with Gasteiger partial charge in [-0.25, -0.2) is 13.6 Å². The number of hydrogen-bond donors (Lipinski definition) is 2. The van der Waals surface area contributed by atoms with Crippen molar-refractivity contribution in [3.63, 3.8) is 0 Å². The molecule has 4 rings (SSSR count). The number of aromatic nitrogens is 1. The summed E-state index contributed by atoms with van der Waals surface area (Å²) in [4.78, 5) is 27.6. The van der Waals surface area contributed by atoms with Gasteiger partial charge < -0.3 is 14.8 Å². The highest BCUT2D eigenvalue weighted by Crippen LogP contribution is 2.27. The highest BCUT2D eigenvalue weighted by Gasteiger charge is 2.29. The number of nitrogens with zero attached hydrogens (tertiary/aromatic N) is 2.